The van der Waals surface area contributed by atoms with Gasteiger partial charge in [-0.05, 0) is 6.07 Å². The fourth-order valence-corrected chi connectivity index (χ4v) is 1.90. The molecule has 0 amide bonds. The van der Waals surface area contributed by atoms with Crippen molar-refractivity contribution in [3.8, 4) is 0 Å². The molecular weight excluding hydrogens is 246 g/mol. The molecule has 0 radical (unpaired) electrons. The van der Waals surface area contributed by atoms with Crippen molar-refractivity contribution in [3.05, 3.63) is 29.6 Å². The Morgan fingerprint density at radius 1 is 1.41 bits per heavy atom. The molecule has 0 atom stereocenters. The van der Waals surface area contributed by atoms with Crippen molar-refractivity contribution in [1.82, 2.24) is 0 Å². The maximum Gasteiger partial charge on any atom is 0.341 e. The first-order chi connectivity index (χ1) is 7.79. The maximum atomic E-state index is 10.7. The summed E-state index contributed by atoms with van der Waals surface area (Å²) in [6, 6.07) is 3.13. The summed E-state index contributed by atoms with van der Waals surface area (Å²) in [6.07, 6.45) is 1.68. The molecule has 0 aliphatic rings. The Morgan fingerprint density at radius 2 is 2.06 bits per heavy atom. The molecular formula is C10H14NO5S+. The molecule has 0 aromatic carbocycles. The maximum absolute atomic E-state index is 10.7. The number of carboxylic acids is 1. The van der Waals surface area contributed by atoms with Crippen molar-refractivity contribution in [3.63, 3.8) is 0 Å². The molecule has 0 unspecified atom stereocenters. The minimum atomic E-state index is -3.96. The van der Waals surface area contributed by atoms with Gasteiger partial charge in [0.1, 0.15) is 12.1 Å². The van der Waals surface area contributed by atoms with Gasteiger partial charge in [-0.2, -0.15) is 8.42 Å². The second-order valence-electron chi connectivity index (χ2n) is 3.70. The monoisotopic (exact) mass is 260 g/mol. The molecule has 1 heterocycles. The average Bonchev–Trinajstić information content (AvgIpc) is 2.18. The highest BCUT2D eigenvalue weighted by atomic mass is 32.2. The summed E-state index contributed by atoms with van der Waals surface area (Å²) < 4.78 is 31.3. The van der Waals surface area contributed by atoms with Crippen LogP contribution in [-0.4, -0.2) is 29.8 Å². The Bertz CT molecular complexity index is 523. The van der Waals surface area contributed by atoms with Gasteiger partial charge in [0, 0.05) is 19.4 Å². The summed E-state index contributed by atoms with van der Waals surface area (Å²) in [6.45, 7) is 2.13. The lowest BCUT2D eigenvalue weighted by Gasteiger charge is -2.01. The van der Waals surface area contributed by atoms with Crippen LogP contribution in [0.15, 0.2) is 18.3 Å². The van der Waals surface area contributed by atoms with E-state index in [9.17, 15) is 13.2 Å². The first kappa shape index (κ1) is 13.6. The minimum absolute atomic E-state index is 0.141. The van der Waals surface area contributed by atoms with Crippen molar-refractivity contribution in [2.45, 2.75) is 19.9 Å². The molecule has 0 bridgehead atoms. The fourth-order valence-electron chi connectivity index (χ4n) is 1.40. The quantitative estimate of drug-likeness (QED) is 0.585. The van der Waals surface area contributed by atoms with E-state index < -0.39 is 16.1 Å². The van der Waals surface area contributed by atoms with E-state index in [4.69, 9.17) is 9.66 Å². The van der Waals surface area contributed by atoms with Crippen LogP contribution in [-0.2, 0) is 16.7 Å². The van der Waals surface area contributed by atoms with Gasteiger partial charge < -0.3 is 5.11 Å². The van der Waals surface area contributed by atoms with E-state index in [1.165, 1.54) is 12.3 Å². The molecule has 0 spiro atoms. The van der Waals surface area contributed by atoms with Gasteiger partial charge in [0.05, 0.1) is 5.75 Å². The molecule has 2 N–H and O–H groups in total. The smallest absolute Gasteiger partial charge is 0.341 e. The Labute approximate surface area is 99.3 Å². The lowest BCUT2D eigenvalue weighted by atomic mass is 10.2. The van der Waals surface area contributed by atoms with E-state index in [0.29, 0.717) is 6.54 Å². The van der Waals surface area contributed by atoms with Crippen molar-refractivity contribution in [2.75, 3.05) is 5.75 Å². The predicted octanol–water partition coefficient (Wildman–Crippen LogP) is 0.259. The van der Waals surface area contributed by atoms with Gasteiger partial charge in [0.15, 0.2) is 11.9 Å². The molecule has 0 saturated carbocycles. The lowest BCUT2D eigenvalue weighted by Crippen LogP contribution is -2.38. The van der Waals surface area contributed by atoms with Gasteiger partial charge in [-0.1, -0.05) is 0 Å². The first-order valence-corrected chi connectivity index (χ1v) is 6.59. The molecule has 94 valence electrons. The highest BCUT2D eigenvalue weighted by molar-refractivity contribution is 7.85. The number of carboxylic acid groups (broad SMARTS) is 1. The van der Waals surface area contributed by atoms with Gasteiger partial charge in [-0.15, -0.1) is 0 Å². The van der Waals surface area contributed by atoms with Gasteiger partial charge in [0.25, 0.3) is 10.1 Å². The summed E-state index contributed by atoms with van der Waals surface area (Å²) in [4.78, 5) is 10.7. The Kier molecular flexibility index (Phi) is 4.19. The molecule has 1 rings (SSSR count). The molecule has 6 nitrogen and oxygen atoms in total. The summed E-state index contributed by atoms with van der Waals surface area (Å²) in [5.74, 6) is -1.37. The van der Waals surface area contributed by atoms with Crippen LogP contribution >= 0.6 is 0 Å². The number of nitrogens with zero attached hydrogens (tertiary/aromatic N) is 1. The number of hydrogen-bond donors (Lipinski definition) is 2. The number of aromatic nitrogens is 1. The van der Waals surface area contributed by atoms with Gasteiger partial charge in [-0.3, -0.25) is 4.55 Å². The van der Waals surface area contributed by atoms with E-state index in [-0.39, 0.29) is 17.7 Å². The Morgan fingerprint density at radius 3 is 2.59 bits per heavy atom. The highest BCUT2D eigenvalue weighted by Gasteiger charge is 2.13. The van der Waals surface area contributed by atoms with Crippen molar-refractivity contribution < 1.29 is 27.4 Å². The number of rotatable bonds is 5. The molecule has 7 heteroatoms. The van der Waals surface area contributed by atoms with Gasteiger partial charge >= 0.3 is 5.97 Å². The van der Waals surface area contributed by atoms with Crippen molar-refractivity contribution in [2.24, 2.45) is 0 Å². The number of pyridine rings is 1. The van der Waals surface area contributed by atoms with Gasteiger partial charge in [-0.25, -0.2) is 9.36 Å². The van der Waals surface area contributed by atoms with E-state index in [2.05, 4.69) is 0 Å². The minimum Gasteiger partial charge on any atom is -0.477 e. The first-order valence-electron chi connectivity index (χ1n) is 4.98. The average molecular weight is 260 g/mol. The third kappa shape index (κ3) is 4.49. The zero-order valence-corrected chi connectivity index (χ0v) is 10.1. The van der Waals surface area contributed by atoms with Crippen molar-refractivity contribution in [1.29, 1.82) is 0 Å². The zero-order chi connectivity index (χ0) is 13.1. The topological polar surface area (TPSA) is 95.5 Å². The third-order valence-corrected chi connectivity index (χ3v) is 3.10. The number of aromatic carboxylic acids is 1. The van der Waals surface area contributed by atoms with E-state index in [1.807, 2.05) is 0 Å². The van der Waals surface area contributed by atoms with Crippen LogP contribution in [0.2, 0.25) is 0 Å². The van der Waals surface area contributed by atoms with Crippen LogP contribution < -0.4 is 4.57 Å². The number of aryl methyl sites for hydroxylation is 2. The predicted molar refractivity (Wildman–Crippen MR) is 59.4 cm³/mol. The summed E-state index contributed by atoms with van der Waals surface area (Å²) in [7, 11) is -3.96. The van der Waals surface area contributed by atoms with Crippen LogP contribution in [0.25, 0.3) is 0 Å². The molecule has 1 aromatic rings. The number of hydrogen-bond acceptors (Lipinski definition) is 3. The Hall–Kier alpha value is -1.47. The van der Waals surface area contributed by atoms with E-state index in [0.717, 1.165) is 5.69 Å². The molecule has 1 aromatic heterocycles. The van der Waals surface area contributed by atoms with Crippen molar-refractivity contribution >= 4 is 16.1 Å². The summed E-state index contributed by atoms with van der Waals surface area (Å²) in [5.41, 5.74) is 0.966. The molecule has 0 aliphatic carbocycles. The second-order valence-corrected chi connectivity index (χ2v) is 5.27. The Balaban J connectivity index is 2.76. The highest BCUT2D eigenvalue weighted by Crippen LogP contribution is 1.99. The zero-order valence-electron chi connectivity index (χ0n) is 9.33. The number of carbonyl (C=O) groups is 1. The lowest BCUT2D eigenvalue weighted by molar-refractivity contribution is -0.702. The standard InChI is InChI=1S/C10H13NO5S/c1-8-3-4-9(10(12)13)7-11(8)5-2-6-17(14,15)16/h3-4,7H,2,5-6H2,1H3,(H-,12,13,14,15,16)/p+1. The fraction of sp³-hybridized carbons (Fsp3) is 0.400. The third-order valence-electron chi connectivity index (χ3n) is 2.30. The molecule has 0 aliphatic heterocycles. The van der Waals surface area contributed by atoms with Crippen LogP contribution in [0.1, 0.15) is 22.5 Å². The van der Waals surface area contributed by atoms with E-state index in [1.54, 1.807) is 17.6 Å². The molecule has 17 heavy (non-hydrogen) atoms. The largest absolute Gasteiger partial charge is 0.477 e. The van der Waals surface area contributed by atoms with Crippen LogP contribution in [0.3, 0.4) is 0 Å². The van der Waals surface area contributed by atoms with Gasteiger partial charge in [0.2, 0.25) is 0 Å². The molecule has 0 saturated heterocycles. The summed E-state index contributed by atoms with van der Waals surface area (Å²) in [5, 5.41) is 8.81. The molecule has 0 fully saturated rings. The van der Waals surface area contributed by atoms with Crippen LogP contribution in [0.5, 0.6) is 0 Å². The van der Waals surface area contributed by atoms with Crippen LogP contribution in [0.4, 0.5) is 0 Å². The normalized spacial score (nSPS) is 11.4. The van der Waals surface area contributed by atoms with E-state index >= 15 is 0 Å². The second kappa shape index (κ2) is 5.24. The summed E-state index contributed by atoms with van der Waals surface area (Å²) >= 11 is 0. The van der Waals surface area contributed by atoms with Crippen LogP contribution in [0, 0.1) is 6.92 Å². The SMILES string of the molecule is Cc1ccc(C(=O)O)c[n+]1CCCS(=O)(=O)O.